The van der Waals surface area contributed by atoms with Crippen LogP contribution in [-0.4, -0.2) is 35.8 Å². The SMILES string of the molecule is O=C1CCCCC(=O)N1C1CCNC1. The van der Waals surface area contributed by atoms with Crippen LogP contribution in [0.3, 0.4) is 0 Å². The molecule has 4 nitrogen and oxygen atoms in total. The van der Waals surface area contributed by atoms with Crippen LogP contribution in [0.15, 0.2) is 0 Å². The molecule has 0 saturated carbocycles. The van der Waals surface area contributed by atoms with E-state index in [9.17, 15) is 9.59 Å². The monoisotopic (exact) mass is 196 g/mol. The summed E-state index contributed by atoms with van der Waals surface area (Å²) in [6.45, 7) is 1.69. The van der Waals surface area contributed by atoms with E-state index in [1.165, 1.54) is 4.90 Å². The summed E-state index contributed by atoms with van der Waals surface area (Å²) in [4.78, 5) is 24.9. The number of nitrogens with one attached hydrogen (secondary N) is 1. The quantitative estimate of drug-likeness (QED) is 0.613. The maximum Gasteiger partial charge on any atom is 0.229 e. The van der Waals surface area contributed by atoms with Crippen LogP contribution in [0.5, 0.6) is 0 Å². The standard InChI is InChI=1S/C10H16N2O2/c13-9-3-1-2-4-10(14)12(9)8-5-6-11-7-8/h8,11H,1-7H2. The number of likely N-dealkylation sites (tertiary alicyclic amines) is 1. The second kappa shape index (κ2) is 4.09. The number of hydrogen-bond acceptors (Lipinski definition) is 3. The molecule has 2 heterocycles. The number of carbonyl (C=O) groups excluding carboxylic acids is 2. The molecule has 0 aromatic carbocycles. The van der Waals surface area contributed by atoms with Gasteiger partial charge in [0.15, 0.2) is 0 Å². The molecule has 4 heteroatoms. The molecule has 14 heavy (non-hydrogen) atoms. The van der Waals surface area contributed by atoms with E-state index in [2.05, 4.69) is 5.32 Å². The highest BCUT2D eigenvalue weighted by molar-refractivity contribution is 5.96. The molecule has 0 aliphatic carbocycles. The molecule has 0 aromatic rings. The van der Waals surface area contributed by atoms with Gasteiger partial charge in [-0.05, 0) is 25.8 Å². The molecule has 0 bridgehead atoms. The van der Waals surface area contributed by atoms with E-state index in [1.54, 1.807) is 0 Å². The van der Waals surface area contributed by atoms with Crippen LogP contribution in [0.1, 0.15) is 32.1 Å². The molecular formula is C10H16N2O2. The number of rotatable bonds is 1. The average Bonchev–Trinajstić information content (AvgIpc) is 2.61. The molecular weight excluding hydrogens is 180 g/mol. The van der Waals surface area contributed by atoms with Crippen molar-refractivity contribution in [3.8, 4) is 0 Å². The summed E-state index contributed by atoms with van der Waals surface area (Å²) < 4.78 is 0. The zero-order valence-electron chi connectivity index (χ0n) is 8.29. The van der Waals surface area contributed by atoms with Crippen molar-refractivity contribution in [1.82, 2.24) is 10.2 Å². The summed E-state index contributed by atoms with van der Waals surface area (Å²) >= 11 is 0. The van der Waals surface area contributed by atoms with E-state index in [-0.39, 0.29) is 17.9 Å². The fraction of sp³-hybridized carbons (Fsp3) is 0.800. The minimum Gasteiger partial charge on any atom is -0.315 e. The minimum atomic E-state index is 0.0289. The van der Waals surface area contributed by atoms with Crippen molar-refractivity contribution in [3.05, 3.63) is 0 Å². The fourth-order valence-corrected chi connectivity index (χ4v) is 2.20. The predicted octanol–water partition coefficient (Wildman–Crippen LogP) is 0.278. The van der Waals surface area contributed by atoms with Crippen molar-refractivity contribution >= 4 is 11.8 Å². The van der Waals surface area contributed by atoms with E-state index in [0.29, 0.717) is 12.8 Å². The molecule has 0 aromatic heterocycles. The number of carbonyl (C=O) groups is 2. The molecule has 2 aliphatic rings. The Morgan fingerprint density at radius 2 is 1.79 bits per heavy atom. The Hall–Kier alpha value is -0.900. The average molecular weight is 196 g/mol. The zero-order valence-corrected chi connectivity index (χ0v) is 8.29. The van der Waals surface area contributed by atoms with E-state index >= 15 is 0 Å². The van der Waals surface area contributed by atoms with Crippen molar-refractivity contribution in [2.24, 2.45) is 0 Å². The van der Waals surface area contributed by atoms with Crippen LogP contribution in [0, 0.1) is 0 Å². The lowest BCUT2D eigenvalue weighted by Crippen LogP contribution is -2.44. The number of hydrogen-bond donors (Lipinski definition) is 1. The lowest BCUT2D eigenvalue weighted by Gasteiger charge is -2.24. The maximum atomic E-state index is 11.7. The summed E-state index contributed by atoms with van der Waals surface area (Å²) in [5.74, 6) is 0.0578. The highest BCUT2D eigenvalue weighted by atomic mass is 16.2. The Labute approximate surface area is 83.6 Å². The zero-order chi connectivity index (χ0) is 9.97. The molecule has 2 aliphatic heterocycles. The largest absolute Gasteiger partial charge is 0.315 e. The van der Waals surface area contributed by atoms with Gasteiger partial charge in [-0.25, -0.2) is 0 Å². The second-order valence-electron chi connectivity index (χ2n) is 4.01. The molecule has 78 valence electrons. The summed E-state index contributed by atoms with van der Waals surface area (Å²) in [6, 6.07) is 0.119. The molecule has 2 amide bonds. The molecule has 1 unspecified atom stereocenters. The van der Waals surface area contributed by atoms with Crippen molar-refractivity contribution < 1.29 is 9.59 Å². The van der Waals surface area contributed by atoms with Crippen molar-refractivity contribution in [2.45, 2.75) is 38.1 Å². The first-order valence-corrected chi connectivity index (χ1v) is 5.34. The van der Waals surface area contributed by atoms with E-state index in [0.717, 1.165) is 32.4 Å². The third-order valence-electron chi connectivity index (χ3n) is 2.97. The fourth-order valence-electron chi connectivity index (χ4n) is 2.20. The Kier molecular flexibility index (Phi) is 2.82. The van der Waals surface area contributed by atoms with Gasteiger partial charge in [0.1, 0.15) is 0 Å². The highest BCUT2D eigenvalue weighted by Crippen LogP contribution is 2.18. The molecule has 2 saturated heterocycles. The van der Waals surface area contributed by atoms with Crippen LogP contribution in [0.25, 0.3) is 0 Å². The van der Waals surface area contributed by atoms with Gasteiger partial charge in [0, 0.05) is 19.4 Å². The van der Waals surface area contributed by atoms with Gasteiger partial charge in [-0.2, -0.15) is 0 Å². The minimum absolute atomic E-state index is 0.0289. The Morgan fingerprint density at radius 1 is 1.14 bits per heavy atom. The molecule has 1 N–H and O–H groups in total. The van der Waals surface area contributed by atoms with Gasteiger partial charge in [0.05, 0.1) is 6.04 Å². The Bertz CT molecular complexity index is 229. The van der Waals surface area contributed by atoms with Crippen molar-refractivity contribution in [1.29, 1.82) is 0 Å². The number of imide groups is 1. The summed E-state index contributed by atoms with van der Waals surface area (Å²) in [5, 5.41) is 3.19. The van der Waals surface area contributed by atoms with Gasteiger partial charge in [0.2, 0.25) is 11.8 Å². The normalized spacial score (nSPS) is 29.4. The lowest BCUT2D eigenvalue weighted by atomic mass is 10.2. The molecule has 2 fully saturated rings. The third kappa shape index (κ3) is 1.80. The molecule has 1 atom stereocenters. The van der Waals surface area contributed by atoms with E-state index in [1.807, 2.05) is 0 Å². The van der Waals surface area contributed by atoms with Gasteiger partial charge in [-0.3, -0.25) is 14.5 Å². The summed E-state index contributed by atoms with van der Waals surface area (Å²) in [5.41, 5.74) is 0. The van der Waals surface area contributed by atoms with Crippen molar-refractivity contribution in [3.63, 3.8) is 0 Å². The van der Waals surface area contributed by atoms with Crippen LogP contribution in [0.2, 0.25) is 0 Å². The van der Waals surface area contributed by atoms with Gasteiger partial charge in [0.25, 0.3) is 0 Å². The van der Waals surface area contributed by atoms with Gasteiger partial charge in [-0.15, -0.1) is 0 Å². The molecule has 0 spiro atoms. The predicted molar refractivity (Wildman–Crippen MR) is 51.6 cm³/mol. The smallest absolute Gasteiger partial charge is 0.229 e. The van der Waals surface area contributed by atoms with Gasteiger partial charge < -0.3 is 5.32 Å². The lowest BCUT2D eigenvalue weighted by molar-refractivity contribution is -0.146. The maximum absolute atomic E-state index is 11.7. The Balaban J connectivity index is 2.10. The molecule has 2 rings (SSSR count). The van der Waals surface area contributed by atoms with Gasteiger partial charge in [-0.1, -0.05) is 0 Å². The van der Waals surface area contributed by atoms with Crippen LogP contribution >= 0.6 is 0 Å². The number of amides is 2. The van der Waals surface area contributed by atoms with Crippen LogP contribution in [-0.2, 0) is 9.59 Å². The van der Waals surface area contributed by atoms with E-state index in [4.69, 9.17) is 0 Å². The third-order valence-corrected chi connectivity index (χ3v) is 2.97. The van der Waals surface area contributed by atoms with Gasteiger partial charge >= 0.3 is 0 Å². The van der Waals surface area contributed by atoms with E-state index < -0.39 is 0 Å². The van der Waals surface area contributed by atoms with Crippen molar-refractivity contribution in [2.75, 3.05) is 13.1 Å². The highest BCUT2D eigenvalue weighted by Gasteiger charge is 2.32. The van der Waals surface area contributed by atoms with Crippen LogP contribution < -0.4 is 5.32 Å². The first kappa shape index (κ1) is 9.65. The molecule has 0 radical (unpaired) electrons. The Morgan fingerprint density at radius 3 is 2.29 bits per heavy atom. The first-order valence-electron chi connectivity index (χ1n) is 5.34. The first-order chi connectivity index (χ1) is 6.79. The van der Waals surface area contributed by atoms with Crippen LogP contribution in [0.4, 0.5) is 0 Å². The summed E-state index contributed by atoms with van der Waals surface area (Å²) in [6.07, 6.45) is 3.73. The number of nitrogens with zero attached hydrogens (tertiary/aromatic N) is 1. The summed E-state index contributed by atoms with van der Waals surface area (Å²) in [7, 11) is 0. The second-order valence-corrected chi connectivity index (χ2v) is 4.01. The topological polar surface area (TPSA) is 49.4 Å².